The van der Waals surface area contributed by atoms with E-state index in [1.54, 1.807) is 4.90 Å². The van der Waals surface area contributed by atoms with Crippen LogP contribution in [0.15, 0.2) is 24.3 Å². The highest BCUT2D eigenvalue weighted by molar-refractivity contribution is 6.00. The Balaban J connectivity index is 1.55. The molecule has 0 aromatic heterocycles. The molecule has 3 rings (SSSR count). The highest BCUT2D eigenvalue weighted by Crippen LogP contribution is 2.28. The molecule has 142 valence electrons. The average Bonchev–Trinajstić information content (AvgIpc) is 3.08. The highest BCUT2D eigenvalue weighted by atomic mass is 16.2. The zero-order valence-electron chi connectivity index (χ0n) is 16.0. The first-order chi connectivity index (χ1) is 12.6. The van der Waals surface area contributed by atoms with Gasteiger partial charge in [0.1, 0.15) is 0 Å². The first-order valence-electron chi connectivity index (χ1n) is 9.95. The maximum atomic E-state index is 12.9. The lowest BCUT2D eigenvalue weighted by Crippen LogP contribution is -2.42. The number of hydrogen-bond donors (Lipinski definition) is 1. The molecule has 1 atom stereocenters. The molecule has 5 nitrogen and oxygen atoms in total. The number of carbonyl (C=O) groups excluding carboxylic acids is 2. The average molecular weight is 357 g/mol. The Morgan fingerprint density at radius 2 is 1.88 bits per heavy atom. The van der Waals surface area contributed by atoms with Crippen LogP contribution in [0.5, 0.6) is 0 Å². The van der Waals surface area contributed by atoms with Crippen LogP contribution in [0.1, 0.15) is 38.2 Å². The number of nitrogens with one attached hydrogen (secondary N) is 1. The van der Waals surface area contributed by atoms with Crippen molar-refractivity contribution in [2.24, 2.45) is 11.8 Å². The normalized spacial score (nSPS) is 21.5. The van der Waals surface area contributed by atoms with Crippen molar-refractivity contribution in [2.45, 2.75) is 39.0 Å². The van der Waals surface area contributed by atoms with Gasteiger partial charge in [0, 0.05) is 31.7 Å². The molecule has 2 saturated heterocycles. The molecular formula is C21H31N3O2. The van der Waals surface area contributed by atoms with Gasteiger partial charge in [-0.2, -0.15) is 0 Å². The molecule has 0 radical (unpaired) electrons. The number of hydrogen-bond acceptors (Lipinski definition) is 3. The fourth-order valence-electron chi connectivity index (χ4n) is 4.08. The van der Waals surface area contributed by atoms with E-state index in [2.05, 4.69) is 24.4 Å². The Morgan fingerprint density at radius 3 is 2.50 bits per heavy atom. The van der Waals surface area contributed by atoms with Crippen LogP contribution in [0.4, 0.5) is 5.69 Å². The van der Waals surface area contributed by atoms with E-state index in [-0.39, 0.29) is 17.7 Å². The smallest absolute Gasteiger partial charge is 0.228 e. The molecule has 2 fully saturated rings. The van der Waals surface area contributed by atoms with Crippen molar-refractivity contribution in [1.82, 2.24) is 10.2 Å². The van der Waals surface area contributed by atoms with Crippen molar-refractivity contribution in [3.63, 3.8) is 0 Å². The number of carbonyl (C=O) groups is 2. The first-order valence-corrected chi connectivity index (χ1v) is 9.95. The van der Waals surface area contributed by atoms with E-state index in [4.69, 9.17) is 0 Å². The summed E-state index contributed by atoms with van der Waals surface area (Å²) < 4.78 is 0. The van der Waals surface area contributed by atoms with Crippen LogP contribution in [0.2, 0.25) is 0 Å². The van der Waals surface area contributed by atoms with E-state index in [1.807, 2.05) is 24.1 Å². The standard InChI is InChI=1S/C21H31N3O2/c1-3-16-4-6-19(7-5-16)24-15-18(14-20(24)25)21(26)23-12-9-17(10-13-23)8-11-22-2/h4-7,17-18,22H,3,8-15H2,1-2H3. The quantitative estimate of drug-likeness (QED) is 0.851. The minimum absolute atomic E-state index is 0.0662. The molecule has 2 heterocycles. The number of amides is 2. The molecule has 5 heteroatoms. The van der Waals surface area contributed by atoms with Gasteiger partial charge in [0.15, 0.2) is 0 Å². The molecule has 0 aliphatic carbocycles. The summed E-state index contributed by atoms with van der Waals surface area (Å²) in [6, 6.07) is 8.12. The third kappa shape index (κ3) is 4.26. The van der Waals surface area contributed by atoms with Gasteiger partial charge >= 0.3 is 0 Å². The zero-order chi connectivity index (χ0) is 18.5. The summed E-state index contributed by atoms with van der Waals surface area (Å²) >= 11 is 0. The van der Waals surface area contributed by atoms with Crippen LogP contribution in [0, 0.1) is 11.8 Å². The van der Waals surface area contributed by atoms with Crippen LogP contribution >= 0.6 is 0 Å². The number of nitrogens with zero attached hydrogens (tertiary/aromatic N) is 2. The van der Waals surface area contributed by atoms with Gasteiger partial charge in [-0.05, 0) is 62.9 Å². The number of benzene rings is 1. The molecule has 2 amide bonds. The van der Waals surface area contributed by atoms with Crippen molar-refractivity contribution in [1.29, 1.82) is 0 Å². The van der Waals surface area contributed by atoms with E-state index >= 15 is 0 Å². The van der Waals surface area contributed by atoms with E-state index in [0.717, 1.165) is 44.6 Å². The summed E-state index contributed by atoms with van der Waals surface area (Å²) in [4.78, 5) is 29.1. The Labute approximate surface area is 156 Å². The molecule has 2 aliphatic rings. The first kappa shape index (κ1) is 18.9. The molecule has 0 spiro atoms. The van der Waals surface area contributed by atoms with Crippen molar-refractivity contribution in [2.75, 3.05) is 38.1 Å². The number of piperidine rings is 1. The summed E-state index contributed by atoms with van der Waals surface area (Å²) in [5.41, 5.74) is 2.17. The summed E-state index contributed by atoms with van der Waals surface area (Å²) in [5, 5.41) is 3.20. The summed E-state index contributed by atoms with van der Waals surface area (Å²) in [6.45, 7) is 5.35. The van der Waals surface area contributed by atoms with Gasteiger partial charge in [0.05, 0.1) is 5.92 Å². The Morgan fingerprint density at radius 1 is 1.19 bits per heavy atom. The number of likely N-dealkylation sites (tertiary alicyclic amines) is 1. The van der Waals surface area contributed by atoms with Gasteiger partial charge in [-0.15, -0.1) is 0 Å². The predicted octanol–water partition coefficient (Wildman–Crippen LogP) is 2.45. The Bertz CT molecular complexity index is 621. The van der Waals surface area contributed by atoms with Crippen molar-refractivity contribution in [3.8, 4) is 0 Å². The highest BCUT2D eigenvalue weighted by Gasteiger charge is 2.38. The van der Waals surface area contributed by atoms with E-state index in [9.17, 15) is 9.59 Å². The minimum Gasteiger partial charge on any atom is -0.342 e. The minimum atomic E-state index is -0.192. The lowest BCUT2D eigenvalue weighted by Gasteiger charge is -2.33. The van der Waals surface area contributed by atoms with Crippen LogP contribution in [-0.2, 0) is 16.0 Å². The summed E-state index contributed by atoms with van der Waals surface area (Å²) in [5.74, 6) is 0.752. The zero-order valence-corrected chi connectivity index (χ0v) is 16.0. The Kier molecular flexibility index (Phi) is 6.30. The van der Waals surface area contributed by atoms with E-state index < -0.39 is 0 Å². The molecule has 0 bridgehead atoms. The third-order valence-electron chi connectivity index (χ3n) is 5.86. The number of anilines is 1. The second-order valence-corrected chi connectivity index (χ2v) is 7.59. The molecular weight excluding hydrogens is 326 g/mol. The second-order valence-electron chi connectivity index (χ2n) is 7.59. The third-order valence-corrected chi connectivity index (χ3v) is 5.86. The van der Waals surface area contributed by atoms with Crippen molar-refractivity contribution in [3.05, 3.63) is 29.8 Å². The van der Waals surface area contributed by atoms with Gasteiger partial charge in [-0.25, -0.2) is 0 Å². The monoisotopic (exact) mass is 357 g/mol. The predicted molar refractivity (Wildman–Crippen MR) is 104 cm³/mol. The van der Waals surface area contributed by atoms with Gasteiger partial charge in [-0.3, -0.25) is 9.59 Å². The number of rotatable bonds is 6. The fraction of sp³-hybridized carbons (Fsp3) is 0.619. The number of aryl methyl sites for hydroxylation is 1. The second kappa shape index (κ2) is 8.67. The van der Waals surface area contributed by atoms with E-state index in [0.29, 0.717) is 18.9 Å². The SMILES string of the molecule is CCc1ccc(N2CC(C(=O)N3CCC(CCNC)CC3)CC2=O)cc1. The lowest BCUT2D eigenvalue weighted by molar-refractivity contribution is -0.137. The van der Waals surface area contributed by atoms with Gasteiger partial charge in [0.2, 0.25) is 11.8 Å². The maximum absolute atomic E-state index is 12.9. The Hall–Kier alpha value is -1.88. The van der Waals surface area contributed by atoms with Crippen LogP contribution in [0.3, 0.4) is 0 Å². The van der Waals surface area contributed by atoms with Crippen LogP contribution < -0.4 is 10.2 Å². The molecule has 26 heavy (non-hydrogen) atoms. The lowest BCUT2D eigenvalue weighted by atomic mass is 9.92. The molecule has 1 unspecified atom stereocenters. The van der Waals surface area contributed by atoms with Crippen LogP contribution in [-0.4, -0.2) is 49.9 Å². The molecule has 0 saturated carbocycles. The van der Waals surface area contributed by atoms with E-state index in [1.165, 1.54) is 12.0 Å². The molecule has 2 aliphatic heterocycles. The molecule has 1 aromatic rings. The topological polar surface area (TPSA) is 52.7 Å². The fourth-order valence-corrected chi connectivity index (χ4v) is 4.08. The van der Waals surface area contributed by atoms with Crippen molar-refractivity contribution < 1.29 is 9.59 Å². The van der Waals surface area contributed by atoms with Crippen LogP contribution in [0.25, 0.3) is 0 Å². The van der Waals surface area contributed by atoms with Gasteiger partial charge in [0.25, 0.3) is 0 Å². The maximum Gasteiger partial charge on any atom is 0.228 e. The summed E-state index contributed by atoms with van der Waals surface area (Å²) in [7, 11) is 1.98. The molecule has 1 N–H and O–H groups in total. The van der Waals surface area contributed by atoms with Gasteiger partial charge < -0.3 is 15.1 Å². The molecule has 1 aromatic carbocycles. The van der Waals surface area contributed by atoms with Gasteiger partial charge in [-0.1, -0.05) is 19.1 Å². The summed E-state index contributed by atoms with van der Waals surface area (Å²) in [6.07, 6.45) is 4.67. The van der Waals surface area contributed by atoms with Crippen molar-refractivity contribution >= 4 is 17.5 Å². The largest absolute Gasteiger partial charge is 0.342 e.